The molecular formula is C19H20ClNO5. The van der Waals surface area contributed by atoms with E-state index < -0.39 is 12.1 Å². The van der Waals surface area contributed by atoms with Crippen LogP contribution in [0.15, 0.2) is 42.5 Å². The molecule has 1 atom stereocenters. The Labute approximate surface area is 157 Å². The van der Waals surface area contributed by atoms with Crippen LogP contribution < -0.4 is 14.8 Å². The average Bonchev–Trinajstić information content (AvgIpc) is 2.62. The molecule has 6 nitrogen and oxygen atoms in total. The minimum Gasteiger partial charge on any atom is -0.497 e. The lowest BCUT2D eigenvalue weighted by atomic mass is 10.2. The molecule has 0 bridgehead atoms. The number of hydrogen-bond acceptors (Lipinski definition) is 5. The average molecular weight is 378 g/mol. The maximum atomic E-state index is 12.3. The third-order valence-corrected chi connectivity index (χ3v) is 3.79. The van der Waals surface area contributed by atoms with Crippen LogP contribution in [-0.4, -0.2) is 31.7 Å². The maximum absolute atomic E-state index is 12.3. The Morgan fingerprint density at radius 3 is 2.35 bits per heavy atom. The molecule has 0 unspecified atom stereocenters. The number of benzene rings is 2. The molecule has 0 spiro atoms. The van der Waals surface area contributed by atoms with Gasteiger partial charge in [-0.25, -0.2) is 4.79 Å². The number of halogens is 1. The van der Waals surface area contributed by atoms with Gasteiger partial charge in [-0.15, -0.1) is 0 Å². The van der Waals surface area contributed by atoms with E-state index in [2.05, 4.69) is 5.32 Å². The fourth-order valence-corrected chi connectivity index (χ4v) is 2.38. The molecule has 0 saturated heterocycles. The molecule has 7 heteroatoms. The first-order valence-electron chi connectivity index (χ1n) is 8.02. The Hall–Kier alpha value is -2.73. The van der Waals surface area contributed by atoms with Gasteiger partial charge in [0.05, 0.1) is 24.3 Å². The van der Waals surface area contributed by atoms with Crippen LogP contribution in [0.1, 0.15) is 24.2 Å². The van der Waals surface area contributed by atoms with Crippen LogP contribution in [0.3, 0.4) is 0 Å². The summed E-state index contributed by atoms with van der Waals surface area (Å²) in [5, 5.41) is 2.90. The number of nitrogens with one attached hydrogen (secondary N) is 1. The molecule has 0 aliphatic heterocycles. The number of esters is 1. The van der Waals surface area contributed by atoms with E-state index in [0.29, 0.717) is 17.2 Å². The molecule has 0 heterocycles. The van der Waals surface area contributed by atoms with Gasteiger partial charge < -0.3 is 19.5 Å². The van der Waals surface area contributed by atoms with Crippen LogP contribution in [0.5, 0.6) is 11.5 Å². The molecule has 1 amide bonds. The predicted molar refractivity (Wildman–Crippen MR) is 99.1 cm³/mol. The van der Waals surface area contributed by atoms with Crippen molar-refractivity contribution in [2.24, 2.45) is 0 Å². The van der Waals surface area contributed by atoms with E-state index in [-0.39, 0.29) is 23.1 Å². The molecule has 1 N–H and O–H groups in total. The molecule has 2 rings (SSSR count). The monoisotopic (exact) mass is 377 g/mol. The van der Waals surface area contributed by atoms with Gasteiger partial charge in [0.2, 0.25) is 0 Å². The van der Waals surface area contributed by atoms with Gasteiger partial charge in [0.25, 0.3) is 5.91 Å². The Balaban J connectivity index is 1.99. The number of rotatable bonds is 7. The number of anilines is 1. The van der Waals surface area contributed by atoms with Gasteiger partial charge >= 0.3 is 5.97 Å². The lowest BCUT2D eigenvalue weighted by molar-refractivity contribution is -0.122. The van der Waals surface area contributed by atoms with Crippen molar-refractivity contribution >= 4 is 29.2 Å². The molecule has 138 valence electrons. The van der Waals surface area contributed by atoms with Crippen molar-refractivity contribution in [1.82, 2.24) is 0 Å². The number of carbonyl (C=O) groups excluding carboxylic acids is 2. The van der Waals surface area contributed by atoms with E-state index in [1.165, 1.54) is 12.1 Å². The lowest BCUT2D eigenvalue weighted by Gasteiger charge is -2.15. The number of ether oxygens (including phenoxy) is 3. The van der Waals surface area contributed by atoms with E-state index in [9.17, 15) is 9.59 Å². The highest BCUT2D eigenvalue weighted by atomic mass is 35.5. The lowest BCUT2D eigenvalue weighted by Crippen LogP contribution is -2.30. The molecule has 0 aliphatic carbocycles. The van der Waals surface area contributed by atoms with Crippen LogP contribution in [0.25, 0.3) is 0 Å². The van der Waals surface area contributed by atoms with Crippen molar-refractivity contribution in [2.75, 3.05) is 19.0 Å². The topological polar surface area (TPSA) is 73.9 Å². The van der Waals surface area contributed by atoms with Crippen molar-refractivity contribution in [1.29, 1.82) is 0 Å². The SMILES string of the molecule is CCOC(=O)c1ccc(NC(=O)[C@@H](C)Oc2ccc(OC)cc2)cc1Cl. The summed E-state index contributed by atoms with van der Waals surface area (Å²) in [5.41, 5.74) is 0.701. The van der Waals surface area contributed by atoms with E-state index in [0.717, 1.165) is 0 Å². The van der Waals surface area contributed by atoms with Crippen LogP contribution in [0, 0.1) is 0 Å². The standard InChI is InChI=1S/C19H20ClNO5/c1-4-25-19(23)16-10-5-13(11-17(16)20)21-18(22)12(2)26-15-8-6-14(24-3)7-9-15/h5-12H,4H2,1-3H3,(H,21,22)/t12-/m1/s1. The summed E-state index contributed by atoms with van der Waals surface area (Å²) in [4.78, 5) is 24.0. The molecule has 0 radical (unpaired) electrons. The zero-order valence-electron chi connectivity index (χ0n) is 14.7. The summed E-state index contributed by atoms with van der Waals surface area (Å²) in [6.07, 6.45) is -0.730. The van der Waals surface area contributed by atoms with E-state index in [1.807, 2.05) is 0 Å². The third kappa shape index (κ3) is 5.13. The molecular weight excluding hydrogens is 358 g/mol. The van der Waals surface area contributed by atoms with Crippen molar-refractivity contribution in [3.8, 4) is 11.5 Å². The molecule has 0 aromatic heterocycles. The van der Waals surface area contributed by atoms with Gasteiger partial charge in [0, 0.05) is 5.69 Å². The summed E-state index contributed by atoms with van der Waals surface area (Å²) in [5.74, 6) is 0.391. The third-order valence-electron chi connectivity index (χ3n) is 3.47. The highest BCUT2D eigenvalue weighted by molar-refractivity contribution is 6.34. The molecule has 0 saturated carbocycles. The zero-order chi connectivity index (χ0) is 19.1. The maximum Gasteiger partial charge on any atom is 0.339 e. The summed E-state index contributed by atoms with van der Waals surface area (Å²) < 4.78 is 15.6. The first-order valence-corrected chi connectivity index (χ1v) is 8.40. The Morgan fingerprint density at radius 1 is 1.12 bits per heavy atom. The van der Waals surface area contributed by atoms with E-state index in [1.54, 1.807) is 51.3 Å². The Kier molecular flexibility index (Phi) is 6.86. The Bertz CT molecular complexity index is 776. The van der Waals surface area contributed by atoms with Gasteiger partial charge in [-0.1, -0.05) is 11.6 Å². The number of amides is 1. The molecule has 0 aliphatic rings. The van der Waals surface area contributed by atoms with Crippen molar-refractivity contribution < 1.29 is 23.8 Å². The van der Waals surface area contributed by atoms with E-state index in [4.69, 9.17) is 25.8 Å². The fourth-order valence-electron chi connectivity index (χ4n) is 2.12. The smallest absolute Gasteiger partial charge is 0.339 e. The zero-order valence-corrected chi connectivity index (χ0v) is 15.5. The van der Waals surface area contributed by atoms with Crippen molar-refractivity contribution in [3.05, 3.63) is 53.1 Å². The summed E-state index contributed by atoms with van der Waals surface area (Å²) in [7, 11) is 1.57. The normalized spacial score (nSPS) is 11.4. The second-order valence-corrected chi connectivity index (χ2v) is 5.75. The summed E-state index contributed by atoms with van der Waals surface area (Å²) >= 11 is 6.09. The minimum absolute atomic E-state index is 0.199. The van der Waals surface area contributed by atoms with Gasteiger partial charge in [-0.05, 0) is 56.3 Å². The molecule has 2 aromatic rings. The first kappa shape index (κ1) is 19.6. The van der Waals surface area contributed by atoms with Gasteiger partial charge in [-0.3, -0.25) is 4.79 Å². The van der Waals surface area contributed by atoms with Gasteiger partial charge in [0.15, 0.2) is 6.10 Å². The van der Waals surface area contributed by atoms with Crippen LogP contribution in [0.2, 0.25) is 5.02 Å². The van der Waals surface area contributed by atoms with Gasteiger partial charge in [-0.2, -0.15) is 0 Å². The highest BCUT2D eigenvalue weighted by Crippen LogP contribution is 2.23. The quantitative estimate of drug-likeness (QED) is 0.740. The summed E-state index contributed by atoms with van der Waals surface area (Å²) in [6.45, 7) is 3.60. The highest BCUT2D eigenvalue weighted by Gasteiger charge is 2.17. The van der Waals surface area contributed by atoms with E-state index >= 15 is 0 Å². The molecule has 0 fully saturated rings. The fraction of sp³-hybridized carbons (Fsp3) is 0.263. The van der Waals surface area contributed by atoms with Crippen molar-refractivity contribution in [3.63, 3.8) is 0 Å². The Morgan fingerprint density at radius 2 is 1.77 bits per heavy atom. The van der Waals surface area contributed by atoms with Crippen LogP contribution in [0.4, 0.5) is 5.69 Å². The largest absolute Gasteiger partial charge is 0.497 e. The number of methoxy groups -OCH3 is 1. The van der Waals surface area contributed by atoms with Crippen LogP contribution in [-0.2, 0) is 9.53 Å². The van der Waals surface area contributed by atoms with Gasteiger partial charge in [0.1, 0.15) is 11.5 Å². The summed E-state index contributed by atoms with van der Waals surface area (Å²) in [6, 6.07) is 11.5. The van der Waals surface area contributed by atoms with Crippen LogP contribution >= 0.6 is 11.6 Å². The predicted octanol–water partition coefficient (Wildman–Crippen LogP) is 3.93. The first-order chi connectivity index (χ1) is 12.4. The van der Waals surface area contributed by atoms with Crippen molar-refractivity contribution in [2.45, 2.75) is 20.0 Å². The second-order valence-electron chi connectivity index (χ2n) is 5.34. The number of carbonyl (C=O) groups is 2. The molecule has 26 heavy (non-hydrogen) atoms. The second kappa shape index (κ2) is 9.10. The minimum atomic E-state index is -0.730. The molecule has 2 aromatic carbocycles. The number of hydrogen-bond donors (Lipinski definition) is 1.